The molecule has 0 saturated carbocycles. The van der Waals surface area contributed by atoms with Crippen molar-refractivity contribution in [3.8, 4) is 0 Å². The summed E-state index contributed by atoms with van der Waals surface area (Å²) < 4.78 is 28.7. The first-order chi connectivity index (χ1) is 13.5. The van der Waals surface area contributed by atoms with Crippen LogP contribution in [0.1, 0.15) is 15.2 Å². The molecule has 1 N–H and O–H groups in total. The van der Waals surface area contributed by atoms with Crippen molar-refractivity contribution in [2.75, 3.05) is 9.62 Å². The van der Waals surface area contributed by atoms with Crippen molar-refractivity contribution in [1.82, 2.24) is 0 Å². The molecule has 0 atom stereocenters. The first-order valence-electron chi connectivity index (χ1n) is 8.38. The van der Waals surface area contributed by atoms with Gasteiger partial charge in [-0.2, -0.15) is 0 Å². The molecule has 4 rings (SSSR count). The Morgan fingerprint density at radius 3 is 2.46 bits per heavy atom. The lowest BCUT2D eigenvalue weighted by Gasteiger charge is -2.29. The van der Waals surface area contributed by atoms with E-state index in [1.165, 1.54) is 21.8 Å². The zero-order valence-electron chi connectivity index (χ0n) is 14.5. The molecule has 1 aromatic heterocycles. The number of thiophene rings is 1. The summed E-state index contributed by atoms with van der Waals surface area (Å²) in [5.74, 6) is -0.487. The Morgan fingerprint density at radius 1 is 1.04 bits per heavy atom. The van der Waals surface area contributed by atoms with Crippen LogP contribution in [0.2, 0.25) is 0 Å². The Labute approximate surface area is 175 Å². The summed E-state index contributed by atoms with van der Waals surface area (Å²) in [6.07, 6.45) is 1.28. The van der Waals surface area contributed by atoms with Gasteiger partial charge in [-0.1, -0.05) is 46.3 Å². The second-order valence-corrected chi connectivity index (χ2v) is 9.78. The van der Waals surface area contributed by atoms with Crippen molar-refractivity contribution in [1.29, 1.82) is 0 Å². The van der Waals surface area contributed by atoms with Crippen molar-refractivity contribution in [3.63, 3.8) is 0 Å². The van der Waals surface area contributed by atoms with E-state index in [1.807, 2.05) is 42.5 Å². The fourth-order valence-corrected chi connectivity index (χ4v) is 5.65. The molecule has 0 radical (unpaired) electrons. The minimum absolute atomic E-state index is 0.163. The molecule has 8 heteroatoms. The van der Waals surface area contributed by atoms with Gasteiger partial charge in [-0.3, -0.25) is 9.10 Å². The van der Waals surface area contributed by atoms with E-state index in [1.54, 1.807) is 23.6 Å². The Hall–Kier alpha value is -2.42. The highest BCUT2D eigenvalue weighted by molar-refractivity contribution is 9.10. The van der Waals surface area contributed by atoms with E-state index < -0.39 is 15.8 Å². The van der Waals surface area contributed by atoms with Crippen LogP contribution in [0, 0.1) is 0 Å². The van der Waals surface area contributed by atoms with Crippen LogP contribution in [0.15, 0.2) is 81.6 Å². The van der Waals surface area contributed by atoms with Gasteiger partial charge < -0.3 is 5.32 Å². The quantitative estimate of drug-likeness (QED) is 0.540. The third-order valence-corrected chi connectivity index (χ3v) is 7.49. The minimum Gasteiger partial charge on any atom is -0.360 e. The van der Waals surface area contributed by atoms with Gasteiger partial charge >= 0.3 is 0 Å². The lowest BCUT2D eigenvalue weighted by molar-refractivity contribution is 0.104. The van der Waals surface area contributed by atoms with Gasteiger partial charge in [0.15, 0.2) is 4.91 Å². The molecule has 0 fully saturated rings. The summed E-state index contributed by atoms with van der Waals surface area (Å²) in [5.41, 5.74) is 1.96. The summed E-state index contributed by atoms with van der Waals surface area (Å²) in [5, 5.41) is 4.67. The van der Waals surface area contributed by atoms with Gasteiger partial charge in [0.05, 0.1) is 12.2 Å². The van der Waals surface area contributed by atoms with Crippen molar-refractivity contribution in [2.24, 2.45) is 0 Å². The molecule has 1 aliphatic heterocycles. The molecule has 2 heterocycles. The maximum atomic E-state index is 13.3. The second-order valence-electron chi connectivity index (χ2n) is 6.12. The van der Waals surface area contributed by atoms with Gasteiger partial charge in [-0.25, -0.2) is 8.42 Å². The maximum Gasteiger partial charge on any atom is 0.270 e. The van der Waals surface area contributed by atoms with Crippen molar-refractivity contribution >= 4 is 54.4 Å². The molecule has 3 aromatic rings. The molecule has 0 aliphatic carbocycles. The standard InChI is InChI=1S/C20H15BrN2O3S2/c21-15-6-8-16(9-7-15)22-12-18-19(24)20-17(10-11-27-20)23(28(18,25)26)13-14-4-2-1-3-5-14/h1-12,22H,13H2. The molecule has 2 aromatic carbocycles. The zero-order chi connectivity index (χ0) is 19.7. The number of allylic oxidation sites excluding steroid dienone is 1. The number of hydrogen-bond donors (Lipinski definition) is 1. The van der Waals surface area contributed by atoms with Crippen molar-refractivity contribution in [2.45, 2.75) is 6.54 Å². The fraction of sp³-hybridized carbons (Fsp3) is 0.0500. The van der Waals surface area contributed by atoms with Crippen molar-refractivity contribution in [3.05, 3.63) is 92.1 Å². The zero-order valence-corrected chi connectivity index (χ0v) is 17.7. The lowest BCUT2D eigenvalue weighted by atomic mass is 10.2. The van der Waals surface area contributed by atoms with Crippen molar-refractivity contribution < 1.29 is 13.2 Å². The fourth-order valence-electron chi connectivity index (χ4n) is 2.90. The van der Waals surface area contributed by atoms with E-state index in [2.05, 4.69) is 21.2 Å². The highest BCUT2D eigenvalue weighted by Crippen LogP contribution is 2.39. The number of halogens is 1. The number of carbonyl (C=O) groups excluding carboxylic acids is 1. The number of rotatable bonds is 4. The number of hydrogen-bond acceptors (Lipinski definition) is 5. The Morgan fingerprint density at radius 2 is 1.75 bits per heavy atom. The van der Waals surface area contributed by atoms with E-state index in [-0.39, 0.29) is 11.4 Å². The molecule has 0 saturated heterocycles. The predicted octanol–water partition coefficient (Wildman–Crippen LogP) is 5.00. The molecule has 142 valence electrons. The van der Waals surface area contributed by atoms with Crippen LogP contribution in [0.3, 0.4) is 0 Å². The summed E-state index contributed by atoms with van der Waals surface area (Å²) in [7, 11) is -3.99. The van der Waals surface area contributed by atoms with E-state index in [0.29, 0.717) is 16.3 Å². The van der Waals surface area contributed by atoms with Crippen LogP contribution < -0.4 is 9.62 Å². The maximum absolute atomic E-state index is 13.3. The first-order valence-corrected chi connectivity index (χ1v) is 11.5. The number of ketones is 1. The molecule has 0 bridgehead atoms. The van der Waals surface area contributed by atoms with Crippen LogP contribution in [0.25, 0.3) is 0 Å². The monoisotopic (exact) mass is 474 g/mol. The van der Waals surface area contributed by atoms with E-state index in [4.69, 9.17) is 0 Å². The van der Waals surface area contributed by atoms with Gasteiger partial charge in [0.1, 0.15) is 4.88 Å². The van der Waals surface area contributed by atoms with Gasteiger partial charge in [0.25, 0.3) is 10.0 Å². The highest BCUT2D eigenvalue weighted by atomic mass is 79.9. The summed E-state index contributed by atoms with van der Waals surface area (Å²) in [6, 6.07) is 18.2. The minimum atomic E-state index is -3.99. The van der Waals surface area contributed by atoms with Crippen LogP contribution in [0.4, 0.5) is 11.4 Å². The van der Waals surface area contributed by atoms with Crippen LogP contribution in [-0.2, 0) is 16.6 Å². The van der Waals surface area contributed by atoms with Crippen LogP contribution >= 0.6 is 27.3 Å². The SMILES string of the molecule is O=C1C(=CNc2ccc(Br)cc2)S(=O)(=O)N(Cc2ccccc2)c2ccsc21. The van der Waals surface area contributed by atoms with Gasteiger partial charge in [0, 0.05) is 16.4 Å². The molecular weight excluding hydrogens is 460 g/mol. The van der Waals surface area contributed by atoms with Crippen LogP contribution in [0.5, 0.6) is 0 Å². The summed E-state index contributed by atoms with van der Waals surface area (Å²) in [6.45, 7) is 0.163. The summed E-state index contributed by atoms with van der Waals surface area (Å²) in [4.78, 5) is 13.0. The third kappa shape index (κ3) is 3.50. The number of nitrogens with one attached hydrogen (secondary N) is 1. The molecular formula is C20H15BrN2O3S2. The molecule has 5 nitrogen and oxygen atoms in total. The number of benzene rings is 2. The Balaban J connectivity index is 1.74. The third-order valence-electron chi connectivity index (χ3n) is 4.29. The van der Waals surface area contributed by atoms with Gasteiger partial charge in [-0.15, -0.1) is 11.3 Å². The highest BCUT2D eigenvalue weighted by Gasteiger charge is 2.41. The average molecular weight is 475 g/mol. The average Bonchev–Trinajstić information content (AvgIpc) is 3.17. The Bertz CT molecular complexity index is 1150. The number of nitrogens with zero attached hydrogens (tertiary/aromatic N) is 1. The molecule has 1 aliphatic rings. The number of sulfonamides is 1. The van der Waals surface area contributed by atoms with Gasteiger partial charge in [0.2, 0.25) is 5.78 Å². The summed E-state index contributed by atoms with van der Waals surface area (Å²) >= 11 is 4.60. The number of Topliss-reactive ketones (excluding diaryl/α,β-unsaturated/α-hetero) is 1. The van der Waals surface area contributed by atoms with Crippen LogP contribution in [-0.4, -0.2) is 14.2 Å². The lowest BCUT2D eigenvalue weighted by Crippen LogP contribution is -2.38. The number of anilines is 2. The normalized spacial score (nSPS) is 16.8. The largest absolute Gasteiger partial charge is 0.360 e. The predicted molar refractivity (Wildman–Crippen MR) is 116 cm³/mol. The Kier molecular flexibility index (Phi) is 5.09. The van der Waals surface area contributed by atoms with Gasteiger partial charge in [-0.05, 0) is 41.3 Å². The first kappa shape index (κ1) is 18.9. The molecule has 0 amide bonds. The molecule has 0 unspecified atom stereocenters. The number of carbonyl (C=O) groups is 1. The second kappa shape index (κ2) is 7.54. The van der Waals surface area contributed by atoms with E-state index in [0.717, 1.165) is 10.0 Å². The molecule has 0 spiro atoms. The van der Waals surface area contributed by atoms with E-state index >= 15 is 0 Å². The topological polar surface area (TPSA) is 66.5 Å². The smallest absolute Gasteiger partial charge is 0.270 e. The molecule has 28 heavy (non-hydrogen) atoms. The van der Waals surface area contributed by atoms with E-state index in [9.17, 15) is 13.2 Å². The number of fused-ring (bicyclic) bond motifs is 1.